The molecule has 26 heavy (non-hydrogen) atoms. The normalized spacial score (nSPS) is 12.8. The van der Waals surface area contributed by atoms with Gasteiger partial charge in [0.25, 0.3) is 0 Å². The first kappa shape index (κ1) is 20.6. The van der Waals surface area contributed by atoms with E-state index in [0.717, 1.165) is 34.2 Å². The van der Waals surface area contributed by atoms with Crippen molar-refractivity contribution in [3.8, 4) is 0 Å². The molecule has 0 amide bonds. The third-order valence-electron chi connectivity index (χ3n) is 5.25. The van der Waals surface area contributed by atoms with E-state index in [2.05, 4.69) is 39.0 Å². The number of aliphatic hydroxyl groups excluding tert-OH is 1. The molecule has 1 unspecified atom stereocenters. The summed E-state index contributed by atoms with van der Waals surface area (Å²) in [6, 6.07) is 10.2. The van der Waals surface area contributed by atoms with Gasteiger partial charge in [0, 0.05) is 18.0 Å². The van der Waals surface area contributed by atoms with Gasteiger partial charge in [0.2, 0.25) is 0 Å². The Morgan fingerprint density at radius 2 is 1.58 bits per heavy atom. The molecule has 1 atom stereocenters. The second-order valence-electron chi connectivity index (χ2n) is 7.64. The van der Waals surface area contributed by atoms with Crippen molar-refractivity contribution in [2.24, 2.45) is 5.73 Å². The maximum absolute atomic E-state index is 15.6. The van der Waals surface area contributed by atoms with Gasteiger partial charge in [-0.15, -0.1) is 0 Å². The van der Waals surface area contributed by atoms with Crippen molar-refractivity contribution in [3.05, 3.63) is 69.5 Å². The summed E-state index contributed by atoms with van der Waals surface area (Å²) in [4.78, 5) is 0. The Bertz CT molecular complexity index is 735. The van der Waals surface area contributed by atoms with Gasteiger partial charge in [-0.3, -0.25) is 0 Å². The molecule has 142 valence electrons. The predicted octanol–water partition coefficient (Wildman–Crippen LogP) is 5.57. The third kappa shape index (κ3) is 3.99. The van der Waals surface area contributed by atoms with Crippen LogP contribution in [0, 0.1) is 5.82 Å². The van der Waals surface area contributed by atoms with E-state index in [-0.39, 0.29) is 30.2 Å². The second kappa shape index (κ2) is 8.79. The molecule has 0 aliphatic heterocycles. The highest BCUT2D eigenvalue weighted by Crippen LogP contribution is 2.39. The van der Waals surface area contributed by atoms with E-state index in [1.807, 2.05) is 26.0 Å². The van der Waals surface area contributed by atoms with E-state index in [9.17, 15) is 5.11 Å². The standard InChI is InChI=1S/C23H32FNO/c1-6-18(17-9-7-16(12-25)8-10-17)22-20(15(4)5)11-19(14(2)3)21(13-26)23(22)24/h7-11,14-15,18,26H,6,12-13,25H2,1-5H3. The Kier molecular flexibility index (Phi) is 6.96. The van der Waals surface area contributed by atoms with Crippen LogP contribution >= 0.6 is 0 Å². The minimum Gasteiger partial charge on any atom is -0.392 e. The van der Waals surface area contributed by atoms with Crippen LogP contribution in [0.3, 0.4) is 0 Å². The van der Waals surface area contributed by atoms with E-state index >= 15 is 4.39 Å². The summed E-state index contributed by atoms with van der Waals surface area (Å²) in [6.45, 7) is 10.6. The van der Waals surface area contributed by atoms with Crippen LogP contribution in [0.15, 0.2) is 30.3 Å². The third-order valence-corrected chi connectivity index (χ3v) is 5.25. The lowest BCUT2D eigenvalue weighted by atomic mass is 9.79. The molecule has 0 radical (unpaired) electrons. The molecule has 0 aromatic heterocycles. The molecule has 3 heteroatoms. The van der Waals surface area contributed by atoms with Crippen LogP contribution in [0.4, 0.5) is 4.39 Å². The summed E-state index contributed by atoms with van der Waals surface area (Å²) in [5.74, 6) is 0.104. The highest BCUT2D eigenvalue weighted by Gasteiger charge is 2.26. The average Bonchev–Trinajstić information content (AvgIpc) is 2.63. The second-order valence-corrected chi connectivity index (χ2v) is 7.64. The van der Waals surface area contributed by atoms with Crippen molar-refractivity contribution in [1.29, 1.82) is 0 Å². The maximum Gasteiger partial charge on any atom is 0.133 e. The highest BCUT2D eigenvalue weighted by atomic mass is 19.1. The van der Waals surface area contributed by atoms with Gasteiger partial charge in [-0.1, -0.05) is 65.0 Å². The molecule has 0 aliphatic carbocycles. The van der Waals surface area contributed by atoms with Crippen molar-refractivity contribution in [2.45, 2.75) is 71.9 Å². The summed E-state index contributed by atoms with van der Waals surface area (Å²) < 4.78 is 15.6. The van der Waals surface area contributed by atoms with Gasteiger partial charge in [0.1, 0.15) is 5.82 Å². The minimum absolute atomic E-state index is 0.0364. The Labute approximate surface area is 157 Å². The maximum atomic E-state index is 15.6. The fraction of sp³-hybridized carbons (Fsp3) is 0.478. The summed E-state index contributed by atoms with van der Waals surface area (Å²) in [5.41, 5.74) is 11.0. The van der Waals surface area contributed by atoms with Crippen LogP contribution in [-0.2, 0) is 13.2 Å². The first-order valence-electron chi connectivity index (χ1n) is 9.60. The molecule has 0 fully saturated rings. The molecule has 0 bridgehead atoms. The van der Waals surface area contributed by atoms with E-state index in [1.165, 1.54) is 0 Å². The first-order valence-corrected chi connectivity index (χ1v) is 9.60. The van der Waals surface area contributed by atoms with Crippen LogP contribution in [0.5, 0.6) is 0 Å². The zero-order chi connectivity index (χ0) is 19.4. The topological polar surface area (TPSA) is 46.2 Å². The molecule has 0 spiro atoms. The number of aliphatic hydroxyl groups is 1. The SMILES string of the molecule is CCC(c1ccc(CN)cc1)c1c(C(C)C)cc(C(C)C)c(CO)c1F. The lowest BCUT2D eigenvalue weighted by Crippen LogP contribution is -2.13. The fourth-order valence-electron chi connectivity index (χ4n) is 3.75. The molecule has 0 heterocycles. The van der Waals surface area contributed by atoms with Gasteiger partial charge >= 0.3 is 0 Å². The Morgan fingerprint density at radius 3 is 2.00 bits per heavy atom. The lowest BCUT2D eigenvalue weighted by molar-refractivity contribution is 0.273. The smallest absolute Gasteiger partial charge is 0.133 e. The van der Waals surface area contributed by atoms with Gasteiger partial charge in [0.15, 0.2) is 0 Å². The van der Waals surface area contributed by atoms with Crippen LogP contribution in [0.1, 0.15) is 92.2 Å². The van der Waals surface area contributed by atoms with E-state index in [0.29, 0.717) is 12.1 Å². The minimum atomic E-state index is -0.271. The van der Waals surface area contributed by atoms with Gasteiger partial charge in [-0.25, -0.2) is 4.39 Å². The first-order chi connectivity index (χ1) is 12.3. The van der Waals surface area contributed by atoms with E-state index in [4.69, 9.17) is 5.73 Å². The van der Waals surface area contributed by atoms with Gasteiger partial charge < -0.3 is 10.8 Å². The molecule has 0 saturated carbocycles. The number of hydrogen-bond acceptors (Lipinski definition) is 2. The number of nitrogens with two attached hydrogens (primary N) is 1. The highest BCUT2D eigenvalue weighted by molar-refractivity contribution is 5.47. The summed E-state index contributed by atoms with van der Waals surface area (Å²) in [7, 11) is 0. The number of rotatable bonds is 7. The zero-order valence-electron chi connectivity index (χ0n) is 16.6. The molecule has 2 aromatic carbocycles. The number of hydrogen-bond donors (Lipinski definition) is 2. The van der Waals surface area contributed by atoms with Gasteiger partial charge in [-0.2, -0.15) is 0 Å². The molecule has 2 rings (SSSR count). The van der Waals surface area contributed by atoms with Crippen LogP contribution < -0.4 is 5.73 Å². The molecule has 3 N–H and O–H groups in total. The number of benzene rings is 2. The molecule has 2 aromatic rings. The molecule has 2 nitrogen and oxygen atoms in total. The van der Waals surface area contributed by atoms with Gasteiger partial charge in [-0.05, 0) is 46.1 Å². The largest absolute Gasteiger partial charge is 0.392 e. The average molecular weight is 358 g/mol. The Hall–Kier alpha value is -1.71. The zero-order valence-corrected chi connectivity index (χ0v) is 16.6. The van der Waals surface area contributed by atoms with Crippen LogP contribution in [-0.4, -0.2) is 5.11 Å². The molecular formula is C23H32FNO. The van der Waals surface area contributed by atoms with Crippen LogP contribution in [0.2, 0.25) is 0 Å². The van der Waals surface area contributed by atoms with E-state index < -0.39 is 0 Å². The lowest BCUT2D eigenvalue weighted by Gasteiger charge is -2.26. The van der Waals surface area contributed by atoms with Crippen molar-refractivity contribution < 1.29 is 9.50 Å². The summed E-state index contributed by atoms with van der Waals surface area (Å²) >= 11 is 0. The van der Waals surface area contributed by atoms with Gasteiger partial charge in [0.05, 0.1) is 6.61 Å². The van der Waals surface area contributed by atoms with Crippen molar-refractivity contribution >= 4 is 0 Å². The van der Waals surface area contributed by atoms with Crippen molar-refractivity contribution in [3.63, 3.8) is 0 Å². The summed E-state index contributed by atoms with van der Waals surface area (Å²) in [5, 5.41) is 9.84. The monoisotopic (exact) mass is 357 g/mol. The van der Waals surface area contributed by atoms with Crippen molar-refractivity contribution in [2.75, 3.05) is 0 Å². The number of halogens is 1. The molecular weight excluding hydrogens is 325 g/mol. The predicted molar refractivity (Wildman–Crippen MR) is 107 cm³/mol. The fourth-order valence-corrected chi connectivity index (χ4v) is 3.75. The molecule has 0 saturated heterocycles. The van der Waals surface area contributed by atoms with Crippen LogP contribution in [0.25, 0.3) is 0 Å². The Balaban J connectivity index is 2.70. The van der Waals surface area contributed by atoms with Crippen molar-refractivity contribution in [1.82, 2.24) is 0 Å². The Morgan fingerprint density at radius 1 is 1.00 bits per heavy atom. The molecule has 0 aliphatic rings. The van der Waals surface area contributed by atoms with E-state index in [1.54, 1.807) is 0 Å². The summed E-state index contributed by atoms with van der Waals surface area (Å²) in [6.07, 6.45) is 0.796. The quantitative estimate of drug-likeness (QED) is 0.681.